The number of sulfonamides is 1. The lowest BCUT2D eigenvalue weighted by molar-refractivity contribution is 0.0730. The van der Waals surface area contributed by atoms with Crippen LogP contribution in [0.1, 0.15) is 21.6 Å². The largest absolute Gasteiger partial charge is 0.379 e. The number of ether oxygens (including phenoxy) is 2. The first-order chi connectivity index (χ1) is 18.3. The number of nitrogens with zero attached hydrogens (tertiary/aromatic N) is 4. The van der Waals surface area contributed by atoms with Crippen LogP contribution in [0.5, 0.6) is 0 Å². The molecular formula is C26H30ClN5O5S. The SMILES string of the molecule is Cc1nn(Cc2ccccc2)c(Cl)c1C(=O)Nc1cc(S(=O)(=O)N2CCOCC2)ccc1N1CCOCC1. The fourth-order valence-corrected chi connectivity index (χ4v) is 6.40. The first kappa shape index (κ1) is 26.6. The summed E-state index contributed by atoms with van der Waals surface area (Å²) >= 11 is 6.63. The molecule has 1 aromatic heterocycles. The highest BCUT2D eigenvalue weighted by atomic mass is 35.5. The summed E-state index contributed by atoms with van der Waals surface area (Å²) in [6.45, 7) is 5.72. The van der Waals surface area contributed by atoms with Gasteiger partial charge in [0.2, 0.25) is 10.0 Å². The van der Waals surface area contributed by atoms with Crippen molar-refractivity contribution < 1.29 is 22.7 Å². The Morgan fingerprint density at radius 1 is 1.00 bits per heavy atom. The van der Waals surface area contributed by atoms with Crippen molar-refractivity contribution in [1.82, 2.24) is 14.1 Å². The molecule has 3 aromatic rings. The molecular weight excluding hydrogens is 530 g/mol. The molecule has 38 heavy (non-hydrogen) atoms. The van der Waals surface area contributed by atoms with Gasteiger partial charge in [-0.3, -0.25) is 4.79 Å². The Kier molecular flexibility index (Phi) is 8.01. The van der Waals surface area contributed by atoms with Crippen molar-refractivity contribution in [3.8, 4) is 0 Å². The number of aromatic nitrogens is 2. The molecule has 202 valence electrons. The molecule has 1 amide bonds. The van der Waals surface area contributed by atoms with Crippen LogP contribution in [-0.4, -0.2) is 81.0 Å². The normalized spacial score (nSPS) is 16.9. The predicted molar refractivity (Wildman–Crippen MR) is 145 cm³/mol. The number of amides is 1. The minimum Gasteiger partial charge on any atom is -0.379 e. The number of aryl methyl sites for hydroxylation is 1. The summed E-state index contributed by atoms with van der Waals surface area (Å²) in [6, 6.07) is 14.5. The molecule has 2 fully saturated rings. The van der Waals surface area contributed by atoms with Crippen molar-refractivity contribution in [2.24, 2.45) is 0 Å². The summed E-state index contributed by atoms with van der Waals surface area (Å²) in [5.41, 5.74) is 2.83. The number of hydrogen-bond acceptors (Lipinski definition) is 7. The lowest BCUT2D eigenvalue weighted by atomic mass is 10.2. The maximum absolute atomic E-state index is 13.6. The smallest absolute Gasteiger partial charge is 0.260 e. The lowest BCUT2D eigenvalue weighted by Gasteiger charge is -2.31. The number of benzene rings is 2. The molecule has 2 saturated heterocycles. The van der Waals surface area contributed by atoms with Crippen molar-refractivity contribution in [3.63, 3.8) is 0 Å². The summed E-state index contributed by atoms with van der Waals surface area (Å²) in [5, 5.41) is 7.63. The highest BCUT2D eigenvalue weighted by molar-refractivity contribution is 7.89. The number of anilines is 2. The maximum Gasteiger partial charge on any atom is 0.260 e. The van der Waals surface area contributed by atoms with Gasteiger partial charge < -0.3 is 19.7 Å². The van der Waals surface area contributed by atoms with E-state index in [4.69, 9.17) is 21.1 Å². The van der Waals surface area contributed by atoms with E-state index in [0.29, 0.717) is 63.1 Å². The van der Waals surface area contributed by atoms with Crippen LogP contribution in [-0.2, 0) is 26.0 Å². The van der Waals surface area contributed by atoms with Crippen LogP contribution in [0, 0.1) is 6.92 Å². The number of morpholine rings is 2. The van der Waals surface area contributed by atoms with E-state index < -0.39 is 15.9 Å². The number of hydrogen-bond donors (Lipinski definition) is 1. The first-order valence-corrected chi connectivity index (χ1v) is 14.3. The van der Waals surface area contributed by atoms with E-state index in [1.54, 1.807) is 23.7 Å². The average Bonchev–Trinajstić information content (AvgIpc) is 3.22. The first-order valence-electron chi connectivity index (χ1n) is 12.5. The van der Waals surface area contributed by atoms with Crippen LogP contribution in [0.15, 0.2) is 53.4 Å². The molecule has 3 heterocycles. The third kappa shape index (κ3) is 5.57. The quantitative estimate of drug-likeness (QED) is 0.474. The van der Waals surface area contributed by atoms with Gasteiger partial charge in [-0.1, -0.05) is 41.9 Å². The molecule has 0 spiro atoms. The van der Waals surface area contributed by atoms with Crippen molar-refractivity contribution in [2.75, 3.05) is 62.8 Å². The summed E-state index contributed by atoms with van der Waals surface area (Å²) in [6.07, 6.45) is 0. The summed E-state index contributed by atoms with van der Waals surface area (Å²) < 4.78 is 40.5. The van der Waals surface area contributed by atoms with E-state index in [0.717, 1.165) is 5.56 Å². The zero-order chi connectivity index (χ0) is 26.7. The van der Waals surface area contributed by atoms with E-state index in [-0.39, 0.29) is 28.7 Å². The van der Waals surface area contributed by atoms with Crippen LogP contribution in [0.4, 0.5) is 11.4 Å². The lowest BCUT2D eigenvalue weighted by Crippen LogP contribution is -2.40. The Labute approximate surface area is 227 Å². The number of carbonyl (C=O) groups is 1. The van der Waals surface area contributed by atoms with E-state index in [1.165, 1.54) is 10.4 Å². The van der Waals surface area contributed by atoms with Crippen LogP contribution in [0.3, 0.4) is 0 Å². The molecule has 0 bridgehead atoms. The maximum atomic E-state index is 13.6. The minimum atomic E-state index is -3.76. The van der Waals surface area contributed by atoms with Crippen LogP contribution < -0.4 is 10.2 Å². The second kappa shape index (κ2) is 11.4. The predicted octanol–water partition coefficient (Wildman–Crippen LogP) is 3.00. The van der Waals surface area contributed by atoms with Gasteiger partial charge in [0.1, 0.15) is 5.15 Å². The summed E-state index contributed by atoms with van der Waals surface area (Å²) in [7, 11) is -3.76. The Morgan fingerprint density at radius 3 is 2.34 bits per heavy atom. The molecule has 0 saturated carbocycles. The molecule has 0 atom stereocenters. The Morgan fingerprint density at radius 2 is 1.66 bits per heavy atom. The van der Waals surface area contributed by atoms with Crippen LogP contribution in [0.2, 0.25) is 5.15 Å². The molecule has 12 heteroatoms. The molecule has 0 unspecified atom stereocenters. The molecule has 2 aliphatic heterocycles. The topological polar surface area (TPSA) is 106 Å². The van der Waals surface area contributed by atoms with E-state index in [1.807, 2.05) is 30.3 Å². The molecule has 1 N–H and O–H groups in total. The molecule has 0 aliphatic carbocycles. The van der Waals surface area contributed by atoms with E-state index in [9.17, 15) is 13.2 Å². The van der Waals surface area contributed by atoms with E-state index >= 15 is 0 Å². The van der Waals surface area contributed by atoms with Crippen molar-refractivity contribution in [2.45, 2.75) is 18.4 Å². The Balaban J connectivity index is 1.47. The Hall–Kier alpha value is -2.96. The van der Waals surface area contributed by atoms with Gasteiger partial charge in [-0.15, -0.1) is 0 Å². The fraction of sp³-hybridized carbons (Fsp3) is 0.385. The highest BCUT2D eigenvalue weighted by Gasteiger charge is 2.29. The van der Waals surface area contributed by atoms with Gasteiger partial charge in [-0.25, -0.2) is 13.1 Å². The fourth-order valence-electron chi connectivity index (χ4n) is 4.65. The highest BCUT2D eigenvalue weighted by Crippen LogP contribution is 2.32. The number of rotatable bonds is 7. The average molecular weight is 560 g/mol. The van der Waals surface area contributed by atoms with Crippen LogP contribution >= 0.6 is 11.6 Å². The molecule has 10 nitrogen and oxygen atoms in total. The monoisotopic (exact) mass is 559 g/mol. The van der Waals surface area contributed by atoms with Crippen LogP contribution in [0.25, 0.3) is 0 Å². The van der Waals surface area contributed by atoms with Crippen molar-refractivity contribution in [3.05, 3.63) is 70.5 Å². The summed E-state index contributed by atoms with van der Waals surface area (Å²) in [4.78, 5) is 15.7. The molecule has 5 rings (SSSR count). The standard InChI is InChI=1S/C26H30ClN5O5S/c1-19-24(25(27)32(29-19)18-20-5-3-2-4-6-20)26(33)28-22-17-21(38(34,35)31-11-15-37-16-12-31)7-8-23(22)30-9-13-36-14-10-30/h2-8,17H,9-16,18H2,1H3,(H,28,33). The van der Waals surface area contributed by atoms with Gasteiger partial charge in [0.15, 0.2) is 0 Å². The third-order valence-electron chi connectivity index (χ3n) is 6.64. The Bertz CT molecular complexity index is 1400. The van der Waals surface area contributed by atoms with Gasteiger partial charge in [0.05, 0.1) is 60.5 Å². The molecule has 2 aliphatic rings. The second-order valence-electron chi connectivity index (χ2n) is 9.14. The van der Waals surface area contributed by atoms with Gasteiger partial charge in [-0.2, -0.15) is 9.40 Å². The number of nitrogens with one attached hydrogen (secondary N) is 1. The van der Waals surface area contributed by atoms with Gasteiger partial charge in [-0.05, 0) is 30.7 Å². The molecule has 2 aromatic carbocycles. The van der Waals surface area contributed by atoms with Crippen molar-refractivity contribution >= 4 is 38.9 Å². The second-order valence-corrected chi connectivity index (χ2v) is 11.4. The summed E-state index contributed by atoms with van der Waals surface area (Å²) in [5.74, 6) is -0.456. The number of halogens is 1. The van der Waals surface area contributed by atoms with Gasteiger partial charge in [0, 0.05) is 26.2 Å². The number of carbonyl (C=O) groups excluding carboxylic acids is 1. The van der Waals surface area contributed by atoms with Crippen molar-refractivity contribution in [1.29, 1.82) is 0 Å². The third-order valence-corrected chi connectivity index (χ3v) is 8.92. The van der Waals surface area contributed by atoms with Gasteiger partial charge >= 0.3 is 0 Å². The molecule has 0 radical (unpaired) electrons. The zero-order valence-electron chi connectivity index (χ0n) is 21.1. The van der Waals surface area contributed by atoms with E-state index in [2.05, 4.69) is 15.3 Å². The zero-order valence-corrected chi connectivity index (χ0v) is 22.7. The minimum absolute atomic E-state index is 0.106. The van der Waals surface area contributed by atoms with Gasteiger partial charge in [0.25, 0.3) is 5.91 Å².